The molecule has 0 radical (unpaired) electrons. The standard InChI is InChI=1S/C31H51NO5/c1-17(2)32-28-27-26(24(37-20(5)33)16-21-15-18(3)13-14-30(21,27)6)23-11-10-22(31(23,7)29(28)35)19(4)9-12-25(34)36-8/h17-19,21-24,26-28,32H,9-16H2,1-8H3/t18-,19-,21+,22?,23?,24-,26?,27?,28+,30+,31-/m1/s1. The average molecular weight is 518 g/mol. The van der Waals surface area contributed by atoms with Gasteiger partial charge in [0.05, 0.1) is 13.2 Å². The molecule has 0 saturated heterocycles. The van der Waals surface area contributed by atoms with Crippen LogP contribution in [0.5, 0.6) is 0 Å². The zero-order chi connectivity index (χ0) is 27.3. The van der Waals surface area contributed by atoms with Crippen LogP contribution in [0.25, 0.3) is 0 Å². The molecule has 210 valence electrons. The van der Waals surface area contributed by atoms with Gasteiger partial charge in [0.15, 0.2) is 5.78 Å². The van der Waals surface area contributed by atoms with E-state index in [4.69, 9.17) is 9.47 Å². The fraction of sp³-hybridized carbons (Fsp3) is 0.903. The summed E-state index contributed by atoms with van der Waals surface area (Å²) in [4.78, 5) is 39.1. The van der Waals surface area contributed by atoms with E-state index >= 15 is 0 Å². The molecule has 4 unspecified atom stereocenters. The van der Waals surface area contributed by atoms with Crippen molar-refractivity contribution in [2.45, 2.75) is 118 Å². The average Bonchev–Trinajstić information content (AvgIpc) is 3.18. The minimum Gasteiger partial charge on any atom is -0.469 e. The van der Waals surface area contributed by atoms with Crippen molar-refractivity contribution in [2.24, 2.45) is 52.3 Å². The van der Waals surface area contributed by atoms with E-state index in [1.54, 1.807) is 0 Å². The molecule has 0 amide bonds. The van der Waals surface area contributed by atoms with E-state index in [9.17, 15) is 14.4 Å². The molecule has 0 aliphatic heterocycles. The molecular formula is C31H51NO5. The zero-order valence-corrected chi connectivity index (χ0v) is 24.5. The highest BCUT2D eigenvalue weighted by Crippen LogP contribution is 2.68. The third kappa shape index (κ3) is 4.89. The molecule has 0 spiro atoms. The van der Waals surface area contributed by atoms with Gasteiger partial charge in [0, 0.05) is 30.7 Å². The molecule has 4 rings (SSSR count). The summed E-state index contributed by atoms with van der Waals surface area (Å²) >= 11 is 0. The van der Waals surface area contributed by atoms with E-state index in [1.807, 2.05) is 0 Å². The lowest BCUT2D eigenvalue weighted by Crippen LogP contribution is -2.70. The van der Waals surface area contributed by atoms with Crippen LogP contribution in [0.2, 0.25) is 0 Å². The molecular weight excluding hydrogens is 466 g/mol. The highest BCUT2D eigenvalue weighted by atomic mass is 16.5. The molecule has 0 heterocycles. The Balaban J connectivity index is 1.77. The van der Waals surface area contributed by atoms with E-state index in [2.05, 4.69) is 46.9 Å². The number of rotatable bonds is 7. The van der Waals surface area contributed by atoms with E-state index in [0.29, 0.717) is 24.0 Å². The molecule has 0 aromatic rings. The summed E-state index contributed by atoms with van der Waals surface area (Å²) in [6.07, 6.45) is 7.35. The number of Topliss-reactive ketones (excluding diaryl/α,β-unsaturated/α-hetero) is 1. The molecule has 0 aromatic heterocycles. The first kappa shape index (κ1) is 28.6. The summed E-state index contributed by atoms with van der Waals surface area (Å²) in [6, 6.07) is -0.0519. The van der Waals surface area contributed by atoms with Gasteiger partial charge in [-0.15, -0.1) is 0 Å². The van der Waals surface area contributed by atoms with Crippen molar-refractivity contribution >= 4 is 17.7 Å². The lowest BCUT2D eigenvalue weighted by atomic mass is 9.41. The van der Waals surface area contributed by atoms with Gasteiger partial charge in [-0.1, -0.05) is 48.0 Å². The lowest BCUT2D eigenvalue weighted by molar-refractivity contribution is -0.198. The van der Waals surface area contributed by atoms with E-state index in [-0.39, 0.29) is 65.1 Å². The first-order valence-electron chi connectivity index (χ1n) is 14.9. The van der Waals surface area contributed by atoms with Crippen molar-refractivity contribution in [2.75, 3.05) is 7.11 Å². The molecule has 0 bridgehead atoms. The molecule has 4 aliphatic carbocycles. The van der Waals surface area contributed by atoms with Crippen LogP contribution in [0.1, 0.15) is 99.8 Å². The number of esters is 2. The van der Waals surface area contributed by atoms with Gasteiger partial charge in [0.25, 0.3) is 0 Å². The van der Waals surface area contributed by atoms with Gasteiger partial charge < -0.3 is 14.8 Å². The zero-order valence-electron chi connectivity index (χ0n) is 24.5. The van der Waals surface area contributed by atoms with Gasteiger partial charge in [-0.2, -0.15) is 0 Å². The minimum absolute atomic E-state index is 0.0615. The monoisotopic (exact) mass is 517 g/mol. The minimum atomic E-state index is -0.493. The number of methoxy groups -OCH3 is 1. The van der Waals surface area contributed by atoms with Crippen molar-refractivity contribution in [3.05, 3.63) is 0 Å². The first-order valence-corrected chi connectivity index (χ1v) is 14.9. The molecule has 6 heteroatoms. The Labute approximate surface area is 224 Å². The van der Waals surface area contributed by atoms with Crippen molar-refractivity contribution in [3.63, 3.8) is 0 Å². The Kier molecular flexibility index (Phi) is 8.20. The molecule has 4 fully saturated rings. The SMILES string of the molecule is COC(=O)CC[C@@H](C)C1CCC2C3C([C@H](NC(C)C)C(=O)[C@@]21C)[C@@]1(C)CC[C@@H](C)C[C@H]1C[C@H]3OC(C)=O. The number of hydrogen-bond acceptors (Lipinski definition) is 6. The van der Waals surface area contributed by atoms with Crippen LogP contribution in [0.3, 0.4) is 0 Å². The van der Waals surface area contributed by atoms with E-state index < -0.39 is 5.41 Å². The molecule has 0 aromatic carbocycles. The van der Waals surface area contributed by atoms with Crippen molar-refractivity contribution in [1.82, 2.24) is 5.32 Å². The number of ketones is 1. The fourth-order valence-corrected chi connectivity index (χ4v) is 9.75. The Bertz CT molecular complexity index is 887. The molecule has 37 heavy (non-hydrogen) atoms. The summed E-state index contributed by atoms with van der Waals surface area (Å²) in [5.41, 5.74) is -0.432. The third-order valence-electron chi connectivity index (χ3n) is 11.4. The van der Waals surface area contributed by atoms with Crippen LogP contribution in [0.4, 0.5) is 0 Å². The summed E-state index contributed by atoms with van der Waals surface area (Å²) < 4.78 is 11.1. The van der Waals surface area contributed by atoms with Crippen molar-refractivity contribution in [3.8, 4) is 0 Å². The quantitative estimate of drug-likeness (QED) is 0.445. The number of fused-ring (bicyclic) bond motifs is 5. The van der Waals surface area contributed by atoms with Crippen molar-refractivity contribution in [1.29, 1.82) is 0 Å². The molecule has 1 N–H and O–H groups in total. The summed E-state index contributed by atoms with van der Waals surface area (Å²) in [7, 11) is 1.44. The largest absolute Gasteiger partial charge is 0.469 e. The molecule has 11 atom stereocenters. The number of hydrogen-bond donors (Lipinski definition) is 1. The second-order valence-corrected chi connectivity index (χ2v) is 13.9. The van der Waals surface area contributed by atoms with Crippen LogP contribution < -0.4 is 5.32 Å². The van der Waals surface area contributed by atoms with Crippen LogP contribution in [0, 0.1) is 52.3 Å². The van der Waals surface area contributed by atoms with Crippen LogP contribution in [-0.4, -0.2) is 43.0 Å². The van der Waals surface area contributed by atoms with Crippen LogP contribution >= 0.6 is 0 Å². The van der Waals surface area contributed by atoms with Gasteiger partial charge in [-0.25, -0.2) is 0 Å². The maximum atomic E-state index is 14.8. The summed E-state index contributed by atoms with van der Waals surface area (Å²) in [5.74, 6) is 2.09. The van der Waals surface area contributed by atoms with Crippen LogP contribution in [-0.2, 0) is 23.9 Å². The highest BCUT2D eigenvalue weighted by molar-refractivity contribution is 5.92. The Hall–Kier alpha value is -1.43. The Morgan fingerprint density at radius 2 is 1.81 bits per heavy atom. The number of carbonyl (C=O) groups excluding carboxylic acids is 3. The predicted octanol–water partition coefficient (Wildman–Crippen LogP) is 5.57. The highest BCUT2D eigenvalue weighted by Gasteiger charge is 2.69. The lowest BCUT2D eigenvalue weighted by Gasteiger charge is -2.64. The van der Waals surface area contributed by atoms with Gasteiger partial charge in [0.2, 0.25) is 0 Å². The van der Waals surface area contributed by atoms with Crippen LogP contribution in [0.15, 0.2) is 0 Å². The van der Waals surface area contributed by atoms with E-state index in [1.165, 1.54) is 20.5 Å². The second-order valence-electron chi connectivity index (χ2n) is 13.9. The van der Waals surface area contributed by atoms with E-state index in [0.717, 1.165) is 38.5 Å². The molecule has 4 aliphatic rings. The second kappa shape index (κ2) is 10.6. The molecule has 6 nitrogen and oxygen atoms in total. The first-order chi connectivity index (χ1) is 17.3. The normalized spacial score (nSPS) is 44.0. The Morgan fingerprint density at radius 1 is 1.11 bits per heavy atom. The maximum absolute atomic E-state index is 14.8. The predicted molar refractivity (Wildman–Crippen MR) is 144 cm³/mol. The third-order valence-corrected chi connectivity index (χ3v) is 11.4. The molecule has 4 saturated carbocycles. The van der Waals surface area contributed by atoms with Crippen molar-refractivity contribution < 1.29 is 23.9 Å². The Morgan fingerprint density at radius 3 is 2.43 bits per heavy atom. The topological polar surface area (TPSA) is 81.7 Å². The van der Waals surface area contributed by atoms with Gasteiger partial charge in [-0.05, 0) is 79.4 Å². The number of ether oxygens (including phenoxy) is 2. The van der Waals surface area contributed by atoms with Gasteiger partial charge in [-0.3, -0.25) is 14.4 Å². The van der Waals surface area contributed by atoms with Gasteiger partial charge >= 0.3 is 11.9 Å². The number of nitrogens with one attached hydrogen (secondary N) is 1. The van der Waals surface area contributed by atoms with Gasteiger partial charge in [0.1, 0.15) is 6.10 Å². The summed E-state index contributed by atoms with van der Waals surface area (Å²) in [6.45, 7) is 15.0. The fourth-order valence-electron chi connectivity index (χ4n) is 9.75. The maximum Gasteiger partial charge on any atom is 0.305 e. The number of carbonyl (C=O) groups is 3. The smallest absolute Gasteiger partial charge is 0.305 e. The summed E-state index contributed by atoms with van der Waals surface area (Å²) in [5, 5.41) is 3.77.